The lowest BCUT2D eigenvalue weighted by Gasteiger charge is -2.03. The molecule has 4 aromatic heterocycles. The zero-order valence-electron chi connectivity index (χ0n) is 14.4. The van der Waals surface area contributed by atoms with Gasteiger partial charge in [-0.2, -0.15) is 0 Å². The Morgan fingerprint density at radius 2 is 2.21 bits per heavy atom. The number of fused-ring (bicyclic) bond motifs is 1. The van der Waals surface area contributed by atoms with Gasteiger partial charge in [0.25, 0.3) is 0 Å². The van der Waals surface area contributed by atoms with Crippen molar-refractivity contribution in [1.82, 2.24) is 19.5 Å². The third kappa shape index (κ3) is 3.32. The minimum atomic E-state index is -0.116. The van der Waals surface area contributed by atoms with Crippen LogP contribution in [0.25, 0.3) is 26.1 Å². The van der Waals surface area contributed by atoms with E-state index in [1.165, 1.54) is 11.3 Å². The van der Waals surface area contributed by atoms with E-state index in [9.17, 15) is 4.79 Å². The summed E-state index contributed by atoms with van der Waals surface area (Å²) in [6.45, 7) is 0. The molecule has 4 heterocycles. The number of hydrogen-bond acceptors (Lipinski definition) is 7. The molecule has 0 fully saturated rings. The molecule has 0 atom stereocenters. The predicted molar refractivity (Wildman–Crippen MR) is 109 cm³/mol. The first-order valence-corrected chi connectivity index (χ1v) is 10.1. The first kappa shape index (κ1) is 16.8. The summed E-state index contributed by atoms with van der Waals surface area (Å²) in [6.07, 6.45) is 7.10. The van der Waals surface area contributed by atoms with Gasteiger partial charge in [-0.25, -0.2) is 15.0 Å². The van der Waals surface area contributed by atoms with Crippen LogP contribution in [0.4, 0.5) is 5.69 Å². The van der Waals surface area contributed by atoms with E-state index in [0.717, 1.165) is 31.7 Å². The number of imidazole rings is 1. The summed E-state index contributed by atoms with van der Waals surface area (Å²) in [4.78, 5) is 25.5. The maximum atomic E-state index is 12.4. The number of aromatic nitrogens is 4. The second-order valence-corrected chi connectivity index (χ2v) is 7.86. The molecular formula is C19H13N5O2S2. The van der Waals surface area contributed by atoms with Crippen molar-refractivity contribution in [2.75, 3.05) is 5.32 Å². The molecule has 5 aromatic rings. The van der Waals surface area contributed by atoms with Crippen molar-refractivity contribution in [3.8, 4) is 15.9 Å². The molecule has 1 aromatic carbocycles. The highest BCUT2D eigenvalue weighted by atomic mass is 32.1. The van der Waals surface area contributed by atoms with Gasteiger partial charge < -0.3 is 9.73 Å². The van der Waals surface area contributed by atoms with Crippen molar-refractivity contribution >= 4 is 44.5 Å². The molecule has 0 aliphatic carbocycles. The minimum absolute atomic E-state index is 0.116. The van der Waals surface area contributed by atoms with Crippen molar-refractivity contribution in [2.45, 2.75) is 6.42 Å². The van der Waals surface area contributed by atoms with E-state index in [-0.39, 0.29) is 12.3 Å². The second-order valence-electron chi connectivity index (χ2n) is 6.00. The zero-order valence-corrected chi connectivity index (χ0v) is 16.0. The Labute approximate surface area is 167 Å². The standard InChI is InChI=1S/C19H13N5O2S2/c25-17(9-13-10-27-18(22-13)15-2-1-7-26-15)21-12-3-4-14-16(8-12)28-19(23-14)24-6-5-20-11-24/h1-8,10-11H,9H2,(H,21,25). The van der Waals surface area contributed by atoms with Crippen molar-refractivity contribution in [3.63, 3.8) is 0 Å². The lowest BCUT2D eigenvalue weighted by Crippen LogP contribution is -2.14. The van der Waals surface area contributed by atoms with Crippen LogP contribution in [0.2, 0.25) is 0 Å². The van der Waals surface area contributed by atoms with Crippen molar-refractivity contribution in [1.29, 1.82) is 0 Å². The summed E-state index contributed by atoms with van der Waals surface area (Å²) in [5.41, 5.74) is 2.34. The van der Waals surface area contributed by atoms with Crippen molar-refractivity contribution in [2.24, 2.45) is 0 Å². The SMILES string of the molecule is O=C(Cc1csc(-c2ccco2)n1)Nc1ccc2nc(-n3ccnc3)sc2c1. The van der Waals surface area contributed by atoms with Crippen LogP contribution in [0.5, 0.6) is 0 Å². The van der Waals surface area contributed by atoms with Crippen LogP contribution in [-0.4, -0.2) is 25.4 Å². The van der Waals surface area contributed by atoms with Gasteiger partial charge in [-0.15, -0.1) is 11.3 Å². The smallest absolute Gasteiger partial charge is 0.230 e. The summed E-state index contributed by atoms with van der Waals surface area (Å²) in [5, 5.41) is 6.42. The van der Waals surface area contributed by atoms with Crippen LogP contribution in [-0.2, 0) is 11.2 Å². The van der Waals surface area contributed by atoms with Gasteiger partial charge >= 0.3 is 0 Å². The monoisotopic (exact) mass is 407 g/mol. The molecule has 0 aliphatic rings. The highest BCUT2D eigenvalue weighted by Crippen LogP contribution is 2.28. The zero-order chi connectivity index (χ0) is 18.9. The van der Waals surface area contributed by atoms with E-state index in [0.29, 0.717) is 5.76 Å². The number of amides is 1. The van der Waals surface area contributed by atoms with E-state index >= 15 is 0 Å². The number of nitrogens with zero attached hydrogens (tertiary/aromatic N) is 4. The highest BCUT2D eigenvalue weighted by molar-refractivity contribution is 7.20. The molecule has 5 rings (SSSR count). The molecule has 0 saturated carbocycles. The van der Waals surface area contributed by atoms with Gasteiger partial charge in [0.15, 0.2) is 15.9 Å². The lowest BCUT2D eigenvalue weighted by molar-refractivity contribution is -0.115. The van der Waals surface area contributed by atoms with Gasteiger partial charge in [0.2, 0.25) is 5.91 Å². The number of nitrogens with one attached hydrogen (secondary N) is 1. The summed E-state index contributed by atoms with van der Waals surface area (Å²) < 4.78 is 8.20. The molecule has 0 radical (unpaired) electrons. The van der Waals surface area contributed by atoms with Gasteiger partial charge in [0.1, 0.15) is 6.33 Å². The average Bonchev–Trinajstić information content (AvgIpc) is 3.46. The van der Waals surface area contributed by atoms with Gasteiger partial charge in [-0.05, 0) is 30.3 Å². The molecule has 1 amide bonds. The third-order valence-corrected chi connectivity index (χ3v) is 5.95. The molecule has 0 aliphatic heterocycles. The first-order valence-electron chi connectivity index (χ1n) is 8.42. The molecule has 138 valence electrons. The molecule has 28 heavy (non-hydrogen) atoms. The van der Waals surface area contributed by atoms with E-state index in [1.807, 2.05) is 46.5 Å². The fraction of sp³-hybridized carbons (Fsp3) is 0.0526. The van der Waals surface area contributed by atoms with Crippen LogP contribution in [0.15, 0.2) is 65.1 Å². The fourth-order valence-corrected chi connectivity index (χ4v) is 4.49. The van der Waals surface area contributed by atoms with Crippen LogP contribution in [0.1, 0.15) is 5.69 Å². The molecule has 0 unspecified atom stereocenters. The Kier molecular flexibility index (Phi) is 4.22. The Bertz CT molecular complexity index is 1240. The number of carbonyl (C=O) groups excluding carboxylic acids is 1. The minimum Gasteiger partial charge on any atom is -0.462 e. The summed E-state index contributed by atoms with van der Waals surface area (Å²) in [6, 6.07) is 9.36. The Balaban J connectivity index is 1.30. The van der Waals surface area contributed by atoms with Crippen LogP contribution < -0.4 is 5.32 Å². The third-order valence-electron chi connectivity index (χ3n) is 4.01. The van der Waals surface area contributed by atoms with Crippen molar-refractivity contribution < 1.29 is 9.21 Å². The van der Waals surface area contributed by atoms with E-state index in [1.54, 1.807) is 30.1 Å². The molecule has 0 bridgehead atoms. The van der Waals surface area contributed by atoms with E-state index < -0.39 is 0 Å². The maximum absolute atomic E-state index is 12.4. The lowest BCUT2D eigenvalue weighted by atomic mass is 10.2. The summed E-state index contributed by atoms with van der Waals surface area (Å²) in [7, 11) is 0. The average molecular weight is 407 g/mol. The fourth-order valence-electron chi connectivity index (χ4n) is 2.74. The number of furan rings is 1. The quantitative estimate of drug-likeness (QED) is 0.467. The maximum Gasteiger partial charge on any atom is 0.230 e. The van der Waals surface area contributed by atoms with Crippen LogP contribution >= 0.6 is 22.7 Å². The molecule has 0 spiro atoms. The number of carbonyl (C=O) groups is 1. The van der Waals surface area contributed by atoms with Gasteiger partial charge in [-0.3, -0.25) is 9.36 Å². The van der Waals surface area contributed by atoms with Gasteiger partial charge in [-0.1, -0.05) is 11.3 Å². The number of benzene rings is 1. The number of thiazole rings is 2. The van der Waals surface area contributed by atoms with Gasteiger partial charge in [0.05, 0.1) is 28.6 Å². The topological polar surface area (TPSA) is 85.8 Å². The second kappa shape index (κ2) is 7.02. The molecule has 0 saturated heterocycles. The Hall–Kier alpha value is -3.30. The van der Waals surface area contributed by atoms with Crippen molar-refractivity contribution in [3.05, 3.63) is 66.4 Å². The summed E-state index contributed by atoms with van der Waals surface area (Å²) in [5.74, 6) is 0.594. The molecule has 9 heteroatoms. The van der Waals surface area contributed by atoms with Crippen LogP contribution in [0, 0.1) is 0 Å². The molecule has 7 nitrogen and oxygen atoms in total. The Morgan fingerprint density at radius 1 is 1.25 bits per heavy atom. The first-order chi connectivity index (χ1) is 13.7. The predicted octanol–water partition coefficient (Wildman–Crippen LogP) is 4.38. The normalized spacial score (nSPS) is 11.1. The van der Waals surface area contributed by atoms with Gasteiger partial charge in [0, 0.05) is 23.5 Å². The molecule has 1 N–H and O–H groups in total. The largest absolute Gasteiger partial charge is 0.462 e. The highest BCUT2D eigenvalue weighted by Gasteiger charge is 2.12. The number of anilines is 1. The Morgan fingerprint density at radius 3 is 3.04 bits per heavy atom. The van der Waals surface area contributed by atoms with Crippen LogP contribution in [0.3, 0.4) is 0 Å². The number of rotatable bonds is 5. The van der Waals surface area contributed by atoms with E-state index in [4.69, 9.17) is 4.42 Å². The van der Waals surface area contributed by atoms with E-state index in [2.05, 4.69) is 20.3 Å². The summed E-state index contributed by atoms with van der Waals surface area (Å²) >= 11 is 3.00. The molecular weight excluding hydrogens is 394 g/mol. The number of hydrogen-bond donors (Lipinski definition) is 1.